The monoisotopic (exact) mass is 312 g/mol. The van der Waals surface area contributed by atoms with E-state index in [0.29, 0.717) is 5.90 Å². The molecule has 20 heavy (non-hydrogen) atoms. The molecule has 0 saturated heterocycles. The number of nitrogens with zero attached hydrogens (tertiary/aromatic N) is 3. The Morgan fingerprint density at radius 1 is 1.65 bits per heavy atom. The Bertz CT molecular complexity index is 530. The minimum Gasteiger partial charge on any atom is -0.556 e. The topological polar surface area (TPSA) is 63.0 Å². The number of halogens is 1. The number of hydrogen-bond acceptors (Lipinski definition) is 6. The number of rotatable bonds is 3. The molecule has 2 atom stereocenters. The molecule has 0 amide bonds. The average Bonchev–Trinajstić information content (AvgIpc) is 3.00. The first kappa shape index (κ1) is 13.7. The summed E-state index contributed by atoms with van der Waals surface area (Å²) < 4.78 is 5.39. The van der Waals surface area contributed by atoms with Crippen LogP contribution in [0.5, 0.6) is 0 Å². The number of hydrazine groups is 2. The summed E-state index contributed by atoms with van der Waals surface area (Å²) in [5.74, 6) is 0.724. The molecular formula is C12H15ClN5OS-. The third-order valence-electron chi connectivity index (χ3n) is 3.37. The van der Waals surface area contributed by atoms with Crippen molar-refractivity contribution in [3.63, 3.8) is 0 Å². The Morgan fingerprint density at radius 3 is 3.20 bits per heavy atom. The predicted octanol–water partition coefficient (Wildman–Crippen LogP) is 2.17. The SMILES string of the molecule is CC1=C(C2=N[N-]C(S)O2)NNN1CC1CC=CC=C1Cl. The molecule has 0 fully saturated rings. The van der Waals surface area contributed by atoms with Crippen molar-refractivity contribution in [1.82, 2.24) is 16.0 Å². The van der Waals surface area contributed by atoms with Gasteiger partial charge in [0.25, 0.3) is 0 Å². The largest absolute Gasteiger partial charge is 0.556 e. The van der Waals surface area contributed by atoms with Crippen LogP contribution in [0.15, 0.2) is 39.8 Å². The zero-order chi connectivity index (χ0) is 14.1. The Labute approximate surface area is 127 Å². The van der Waals surface area contributed by atoms with Crippen LogP contribution in [0.25, 0.3) is 5.43 Å². The minimum atomic E-state index is -0.526. The highest BCUT2D eigenvalue weighted by molar-refractivity contribution is 7.81. The number of allylic oxidation sites excluding steroid dienone is 4. The smallest absolute Gasteiger partial charge is 0.221 e. The molecule has 0 spiro atoms. The predicted molar refractivity (Wildman–Crippen MR) is 81.5 cm³/mol. The van der Waals surface area contributed by atoms with Gasteiger partial charge in [0.2, 0.25) is 5.90 Å². The van der Waals surface area contributed by atoms with Gasteiger partial charge < -0.3 is 15.3 Å². The second kappa shape index (κ2) is 5.59. The van der Waals surface area contributed by atoms with Crippen molar-refractivity contribution in [3.05, 3.63) is 40.1 Å². The van der Waals surface area contributed by atoms with Crippen LogP contribution in [0.4, 0.5) is 0 Å². The normalized spacial score (nSPS) is 28.9. The number of thiol groups is 1. The second-order valence-electron chi connectivity index (χ2n) is 4.68. The summed E-state index contributed by atoms with van der Waals surface area (Å²) in [6.45, 7) is 2.74. The zero-order valence-corrected chi connectivity index (χ0v) is 12.5. The van der Waals surface area contributed by atoms with Gasteiger partial charge in [-0.15, -0.1) is 5.53 Å². The van der Waals surface area contributed by atoms with Crippen LogP contribution in [0, 0.1) is 5.92 Å². The van der Waals surface area contributed by atoms with E-state index in [-0.39, 0.29) is 5.92 Å². The molecular weight excluding hydrogens is 298 g/mol. The molecule has 0 aromatic rings. The molecule has 108 valence electrons. The van der Waals surface area contributed by atoms with Crippen molar-refractivity contribution in [2.45, 2.75) is 18.9 Å². The van der Waals surface area contributed by atoms with Gasteiger partial charge in [0, 0.05) is 17.5 Å². The van der Waals surface area contributed by atoms with Crippen LogP contribution in [-0.2, 0) is 4.74 Å². The van der Waals surface area contributed by atoms with Gasteiger partial charge >= 0.3 is 0 Å². The fourth-order valence-corrected chi connectivity index (χ4v) is 2.60. The highest BCUT2D eigenvalue weighted by Gasteiger charge is 2.27. The summed E-state index contributed by atoms with van der Waals surface area (Å²) in [5, 5.41) is 6.82. The van der Waals surface area contributed by atoms with Crippen LogP contribution in [0.3, 0.4) is 0 Å². The molecule has 3 rings (SSSR count). The fraction of sp³-hybridized carbons (Fsp3) is 0.417. The molecule has 8 heteroatoms. The number of ether oxygens (including phenoxy) is 1. The maximum Gasteiger partial charge on any atom is 0.221 e. The lowest BCUT2D eigenvalue weighted by molar-refractivity contribution is 0.226. The van der Waals surface area contributed by atoms with E-state index in [1.54, 1.807) is 0 Å². The van der Waals surface area contributed by atoms with Gasteiger partial charge in [-0.2, -0.15) is 12.6 Å². The van der Waals surface area contributed by atoms with E-state index < -0.39 is 5.56 Å². The van der Waals surface area contributed by atoms with Gasteiger partial charge in [-0.25, -0.2) is 0 Å². The summed E-state index contributed by atoms with van der Waals surface area (Å²) in [7, 11) is 0. The summed E-state index contributed by atoms with van der Waals surface area (Å²) >= 11 is 10.3. The average molecular weight is 313 g/mol. The summed E-state index contributed by atoms with van der Waals surface area (Å²) in [6, 6.07) is 0. The van der Waals surface area contributed by atoms with Crippen LogP contribution in [0.1, 0.15) is 13.3 Å². The van der Waals surface area contributed by atoms with Gasteiger partial charge in [-0.3, -0.25) is 10.4 Å². The first-order valence-electron chi connectivity index (χ1n) is 6.30. The van der Waals surface area contributed by atoms with Crippen molar-refractivity contribution in [1.29, 1.82) is 0 Å². The molecule has 1 aliphatic carbocycles. The molecule has 0 bridgehead atoms. The maximum absolute atomic E-state index is 6.24. The third-order valence-corrected chi connectivity index (χ3v) is 4.01. The van der Waals surface area contributed by atoms with E-state index in [2.05, 4.69) is 40.2 Å². The van der Waals surface area contributed by atoms with E-state index in [1.165, 1.54) is 0 Å². The van der Waals surface area contributed by atoms with Crippen LogP contribution >= 0.6 is 24.2 Å². The lowest BCUT2D eigenvalue weighted by Crippen LogP contribution is -2.41. The van der Waals surface area contributed by atoms with E-state index in [0.717, 1.165) is 29.4 Å². The summed E-state index contributed by atoms with van der Waals surface area (Å²) in [6.07, 6.45) is 6.97. The zero-order valence-electron chi connectivity index (χ0n) is 10.9. The molecule has 0 radical (unpaired) electrons. The maximum atomic E-state index is 6.24. The summed E-state index contributed by atoms with van der Waals surface area (Å²) in [4.78, 5) is 0. The molecule has 2 aliphatic heterocycles. The number of hydrogen-bond donors (Lipinski definition) is 3. The Hall–Kier alpha value is -1.31. The highest BCUT2D eigenvalue weighted by Crippen LogP contribution is 2.28. The lowest BCUT2D eigenvalue weighted by atomic mass is 10.0. The second-order valence-corrected chi connectivity index (χ2v) is 5.56. The van der Waals surface area contributed by atoms with E-state index in [9.17, 15) is 0 Å². The molecule has 0 aromatic carbocycles. The molecule has 3 aliphatic rings. The third kappa shape index (κ3) is 2.61. The van der Waals surface area contributed by atoms with Crippen LogP contribution in [-0.4, -0.2) is 23.0 Å². The van der Waals surface area contributed by atoms with E-state index in [4.69, 9.17) is 16.3 Å². The fourth-order valence-electron chi connectivity index (χ4n) is 2.21. The van der Waals surface area contributed by atoms with Crippen LogP contribution in [0.2, 0.25) is 0 Å². The van der Waals surface area contributed by atoms with Crippen molar-refractivity contribution in [2.24, 2.45) is 11.0 Å². The minimum absolute atomic E-state index is 0.277. The van der Waals surface area contributed by atoms with Crippen molar-refractivity contribution < 1.29 is 4.74 Å². The first-order valence-corrected chi connectivity index (χ1v) is 7.20. The van der Waals surface area contributed by atoms with Crippen molar-refractivity contribution >= 4 is 30.1 Å². The molecule has 6 nitrogen and oxygen atoms in total. The molecule has 2 unspecified atom stereocenters. The molecule has 0 saturated carbocycles. The van der Waals surface area contributed by atoms with Crippen molar-refractivity contribution in [3.8, 4) is 0 Å². The summed E-state index contributed by atoms with van der Waals surface area (Å²) in [5.41, 5.74) is 11.2. The van der Waals surface area contributed by atoms with Gasteiger partial charge in [0.15, 0.2) is 0 Å². The van der Waals surface area contributed by atoms with Gasteiger partial charge in [0.1, 0.15) is 5.70 Å². The standard InChI is InChI=1S/C12H15ClN5OS/c1-7-10(11-15-16-12(20)19-11)14-17-18(7)6-8-4-2-3-5-9(8)13/h2-3,5,8,12,14,17,20H,4,6H2,1H3/q-1. The van der Waals surface area contributed by atoms with Gasteiger partial charge in [-0.05, 0) is 19.4 Å². The molecule has 2 heterocycles. The van der Waals surface area contributed by atoms with Crippen molar-refractivity contribution in [2.75, 3.05) is 6.54 Å². The quantitative estimate of drug-likeness (QED) is 0.699. The number of nitrogens with one attached hydrogen (secondary N) is 2. The lowest BCUT2D eigenvalue weighted by Gasteiger charge is -2.25. The molecule has 2 N–H and O–H groups in total. The van der Waals surface area contributed by atoms with E-state index in [1.807, 2.05) is 24.1 Å². The van der Waals surface area contributed by atoms with E-state index >= 15 is 0 Å². The van der Waals surface area contributed by atoms with Gasteiger partial charge in [-0.1, -0.05) is 23.8 Å². The van der Waals surface area contributed by atoms with Crippen LogP contribution < -0.4 is 11.0 Å². The highest BCUT2D eigenvalue weighted by atomic mass is 35.5. The Kier molecular flexibility index (Phi) is 3.82. The van der Waals surface area contributed by atoms with Gasteiger partial charge in [0.05, 0.1) is 11.3 Å². The first-order chi connectivity index (χ1) is 9.65. The Balaban J connectivity index is 1.69. The Morgan fingerprint density at radius 2 is 2.50 bits per heavy atom. The molecule has 0 aromatic heterocycles.